The summed E-state index contributed by atoms with van der Waals surface area (Å²) in [5, 5.41) is 0. The molecule has 0 radical (unpaired) electrons. The van der Waals surface area contributed by atoms with Gasteiger partial charge >= 0.3 is 6.18 Å². The molecule has 2 bridgehead atoms. The maximum Gasteiger partial charge on any atom is 0.433 e. The summed E-state index contributed by atoms with van der Waals surface area (Å²) in [6.45, 7) is 0.888. The Morgan fingerprint density at radius 1 is 1.04 bits per heavy atom. The van der Waals surface area contributed by atoms with Gasteiger partial charge in [-0.3, -0.25) is 14.7 Å². The van der Waals surface area contributed by atoms with E-state index in [1.54, 1.807) is 0 Å². The number of rotatable bonds is 4. The lowest BCUT2D eigenvalue weighted by atomic mass is 9.85. The highest BCUT2D eigenvalue weighted by molar-refractivity contribution is 5.97. The molecule has 2 atom stereocenters. The van der Waals surface area contributed by atoms with Gasteiger partial charge in [0.2, 0.25) is 0 Å². The molecule has 2 saturated heterocycles. The highest BCUT2D eigenvalue weighted by atomic mass is 19.4. The fourth-order valence-corrected chi connectivity index (χ4v) is 4.48. The third-order valence-electron chi connectivity index (χ3n) is 5.80. The van der Waals surface area contributed by atoms with E-state index < -0.39 is 11.9 Å². The van der Waals surface area contributed by atoms with Gasteiger partial charge in [-0.1, -0.05) is 30.3 Å². The van der Waals surface area contributed by atoms with Crippen LogP contribution in [-0.4, -0.2) is 27.8 Å². The molecule has 2 aliphatic rings. The minimum atomic E-state index is -4.48. The van der Waals surface area contributed by atoms with E-state index in [0.29, 0.717) is 12.1 Å². The minimum absolute atomic E-state index is 0.0764. The Morgan fingerprint density at radius 2 is 1.70 bits per heavy atom. The first-order valence-corrected chi connectivity index (χ1v) is 9.29. The van der Waals surface area contributed by atoms with Crippen LogP contribution in [0.1, 0.15) is 47.3 Å². The number of Topliss-reactive ketones (excluding diaryl/α,β-unsaturated/α-hetero) is 1. The first-order chi connectivity index (χ1) is 12.9. The maximum atomic E-state index is 12.8. The lowest BCUT2D eigenvalue weighted by molar-refractivity contribution is -0.141. The Labute approximate surface area is 156 Å². The van der Waals surface area contributed by atoms with Gasteiger partial charge in [0, 0.05) is 36.3 Å². The molecule has 2 fully saturated rings. The number of piperidine rings is 1. The minimum Gasteiger partial charge on any atom is -0.294 e. The number of hydrogen-bond donors (Lipinski definition) is 0. The van der Waals surface area contributed by atoms with Crippen molar-refractivity contribution in [2.24, 2.45) is 5.92 Å². The van der Waals surface area contributed by atoms with Crippen LogP contribution in [0.25, 0.3) is 0 Å². The fourth-order valence-electron chi connectivity index (χ4n) is 4.48. The summed E-state index contributed by atoms with van der Waals surface area (Å²) in [5.41, 5.74) is 0.590. The summed E-state index contributed by atoms with van der Waals surface area (Å²) in [7, 11) is 0. The van der Waals surface area contributed by atoms with Crippen LogP contribution in [0.5, 0.6) is 0 Å². The Balaban J connectivity index is 1.44. The summed E-state index contributed by atoms with van der Waals surface area (Å²) in [6, 6.07) is 13.2. The Kier molecular flexibility index (Phi) is 4.76. The van der Waals surface area contributed by atoms with E-state index in [0.717, 1.165) is 44.5 Å². The second-order valence-corrected chi connectivity index (χ2v) is 7.51. The van der Waals surface area contributed by atoms with Crippen molar-refractivity contribution in [3.05, 3.63) is 65.5 Å². The van der Waals surface area contributed by atoms with Crippen LogP contribution in [0.15, 0.2) is 48.7 Å². The molecule has 2 unspecified atom stereocenters. The van der Waals surface area contributed by atoms with E-state index in [2.05, 4.69) is 22.0 Å². The van der Waals surface area contributed by atoms with Gasteiger partial charge in [-0.05, 0) is 43.4 Å². The number of halogens is 3. The fraction of sp³-hybridized carbons (Fsp3) is 0.429. The van der Waals surface area contributed by atoms with E-state index in [-0.39, 0.29) is 17.3 Å². The van der Waals surface area contributed by atoms with Crippen LogP contribution >= 0.6 is 0 Å². The summed E-state index contributed by atoms with van der Waals surface area (Å²) < 4.78 is 38.0. The number of carbonyl (C=O) groups excluding carboxylic acids is 1. The summed E-state index contributed by atoms with van der Waals surface area (Å²) in [4.78, 5) is 18.7. The van der Waals surface area contributed by atoms with E-state index >= 15 is 0 Å². The molecule has 1 aromatic carbocycles. The molecule has 3 nitrogen and oxygen atoms in total. The van der Waals surface area contributed by atoms with E-state index in [4.69, 9.17) is 0 Å². The van der Waals surface area contributed by atoms with E-state index in [1.165, 1.54) is 11.6 Å². The largest absolute Gasteiger partial charge is 0.433 e. The van der Waals surface area contributed by atoms with Gasteiger partial charge in [0.05, 0.1) is 0 Å². The van der Waals surface area contributed by atoms with Gasteiger partial charge in [-0.15, -0.1) is 0 Å². The number of ketones is 1. The number of benzene rings is 1. The first-order valence-electron chi connectivity index (χ1n) is 9.29. The van der Waals surface area contributed by atoms with Crippen LogP contribution in [0.2, 0.25) is 0 Å². The second kappa shape index (κ2) is 7.08. The Hall–Kier alpha value is -2.21. The predicted octanol–water partition coefficient (Wildman–Crippen LogP) is 4.73. The molecule has 6 heteroatoms. The van der Waals surface area contributed by atoms with Crippen LogP contribution in [0, 0.1) is 5.92 Å². The van der Waals surface area contributed by atoms with Crippen molar-refractivity contribution in [2.45, 2.75) is 50.5 Å². The normalized spacial score (nSPS) is 25.5. The molecule has 2 aliphatic heterocycles. The molecule has 2 aromatic rings. The summed E-state index contributed by atoms with van der Waals surface area (Å²) in [5.74, 6) is -0.208. The maximum absolute atomic E-state index is 12.8. The monoisotopic (exact) mass is 374 g/mol. The van der Waals surface area contributed by atoms with Crippen LogP contribution in [0.3, 0.4) is 0 Å². The summed E-state index contributed by atoms with van der Waals surface area (Å²) >= 11 is 0. The highest BCUT2D eigenvalue weighted by Crippen LogP contribution is 2.40. The number of alkyl halides is 3. The number of aromatic nitrogens is 1. The number of carbonyl (C=O) groups is 1. The molecule has 0 spiro atoms. The van der Waals surface area contributed by atoms with Crippen molar-refractivity contribution < 1.29 is 18.0 Å². The van der Waals surface area contributed by atoms with Crippen LogP contribution < -0.4 is 0 Å². The van der Waals surface area contributed by atoms with Crippen molar-refractivity contribution in [1.82, 2.24) is 9.88 Å². The third-order valence-corrected chi connectivity index (χ3v) is 5.80. The standard InChI is InChI=1S/C21H21F3N2O/c22-21(23,24)19-9-6-15(12-25-19)20(27)16-10-17-7-8-18(11-16)26(17)13-14-4-2-1-3-5-14/h1-6,9,12,16-18H,7-8,10-11,13H2. The average Bonchev–Trinajstić information content (AvgIpc) is 2.89. The summed E-state index contributed by atoms with van der Waals surface area (Å²) in [6.07, 6.45) is 0.276. The van der Waals surface area contributed by atoms with Gasteiger partial charge in [0.25, 0.3) is 0 Å². The SMILES string of the molecule is O=C(c1ccc(C(F)(F)F)nc1)C1CC2CCC(C1)N2Cc1ccccc1. The van der Waals surface area contributed by atoms with Crippen molar-refractivity contribution in [3.63, 3.8) is 0 Å². The quantitative estimate of drug-likeness (QED) is 0.726. The number of hydrogen-bond acceptors (Lipinski definition) is 3. The number of fused-ring (bicyclic) bond motifs is 2. The van der Waals surface area contributed by atoms with Crippen LogP contribution in [-0.2, 0) is 12.7 Å². The predicted molar refractivity (Wildman–Crippen MR) is 95.1 cm³/mol. The average molecular weight is 374 g/mol. The van der Waals surface area contributed by atoms with E-state index in [9.17, 15) is 18.0 Å². The van der Waals surface area contributed by atoms with Crippen LogP contribution in [0.4, 0.5) is 13.2 Å². The zero-order valence-corrected chi connectivity index (χ0v) is 14.8. The molecule has 27 heavy (non-hydrogen) atoms. The molecule has 142 valence electrons. The molecule has 0 saturated carbocycles. The van der Waals surface area contributed by atoms with Gasteiger partial charge < -0.3 is 0 Å². The zero-order valence-electron chi connectivity index (χ0n) is 14.8. The molecular weight excluding hydrogens is 353 g/mol. The van der Waals surface area contributed by atoms with Gasteiger partial charge in [-0.2, -0.15) is 13.2 Å². The molecule has 1 aromatic heterocycles. The molecular formula is C21H21F3N2O. The topological polar surface area (TPSA) is 33.2 Å². The molecule has 3 heterocycles. The lowest BCUT2D eigenvalue weighted by Gasteiger charge is -2.38. The molecule has 0 aliphatic carbocycles. The molecule has 4 rings (SSSR count). The smallest absolute Gasteiger partial charge is 0.294 e. The van der Waals surface area contributed by atoms with Gasteiger partial charge in [-0.25, -0.2) is 0 Å². The van der Waals surface area contributed by atoms with Crippen molar-refractivity contribution in [3.8, 4) is 0 Å². The van der Waals surface area contributed by atoms with Crippen molar-refractivity contribution in [1.29, 1.82) is 0 Å². The number of pyridine rings is 1. The molecule has 0 N–H and O–H groups in total. The second-order valence-electron chi connectivity index (χ2n) is 7.51. The Morgan fingerprint density at radius 3 is 2.26 bits per heavy atom. The highest BCUT2D eigenvalue weighted by Gasteiger charge is 2.43. The zero-order chi connectivity index (χ0) is 19.0. The van der Waals surface area contributed by atoms with Gasteiger partial charge in [0.15, 0.2) is 5.78 Å². The van der Waals surface area contributed by atoms with Gasteiger partial charge in [0.1, 0.15) is 5.69 Å². The first kappa shape index (κ1) is 18.2. The third kappa shape index (κ3) is 3.76. The van der Waals surface area contributed by atoms with Crippen molar-refractivity contribution >= 4 is 5.78 Å². The number of nitrogens with zero attached hydrogens (tertiary/aromatic N) is 2. The lowest BCUT2D eigenvalue weighted by Crippen LogP contribution is -2.44. The van der Waals surface area contributed by atoms with Crippen molar-refractivity contribution in [2.75, 3.05) is 0 Å². The van der Waals surface area contributed by atoms with E-state index in [1.807, 2.05) is 18.2 Å². The Bertz CT molecular complexity index is 790. The molecule has 0 amide bonds.